The van der Waals surface area contributed by atoms with Crippen LogP contribution in [0.15, 0.2) is 29.3 Å². The first-order chi connectivity index (χ1) is 12.1. The normalized spacial score (nSPS) is 23.7. The third-order valence-corrected chi connectivity index (χ3v) is 4.80. The molecule has 1 aromatic rings. The number of carbonyl (C=O) groups is 2. The number of benzene rings is 1. The number of aliphatic imine (C=N–C) groups is 1. The van der Waals surface area contributed by atoms with Crippen LogP contribution in [0.5, 0.6) is 0 Å². The van der Waals surface area contributed by atoms with Crippen molar-refractivity contribution in [3.8, 4) is 0 Å². The second-order valence-electron chi connectivity index (χ2n) is 6.52. The molecule has 1 fully saturated rings. The third-order valence-electron chi connectivity index (χ3n) is 4.80. The first kappa shape index (κ1) is 17.5. The van der Waals surface area contributed by atoms with Crippen molar-refractivity contribution < 1.29 is 14.3 Å². The van der Waals surface area contributed by atoms with Gasteiger partial charge in [0.25, 0.3) is 0 Å². The van der Waals surface area contributed by atoms with Crippen molar-refractivity contribution in [2.24, 2.45) is 10.9 Å². The molecule has 0 spiro atoms. The molecule has 0 radical (unpaired) electrons. The maximum Gasteiger partial charge on any atom is 0.321 e. The summed E-state index contributed by atoms with van der Waals surface area (Å²) < 4.78 is 5.14. The van der Waals surface area contributed by atoms with E-state index < -0.39 is 17.9 Å². The van der Waals surface area contributed by atoms with Gasteiger partial charge in [0.05, 0.1) is 6.61 Å². The Bertz CT molecular complexity index is 680. The lowest BCUT2D eigenvalue weighted by Crippen LogP contribution is -2.53. The fourth-order valence-corrected chi connectivity index (χ4v) is 3.47. The molecule has 2 heterocycles. The second kappa shape index (κ2) is 7.68. The van der Waals surface area contributed by atoms with Crippen LogP contribution in [-0.4, -0.2) is 42.4 Å². The molecule has 134 valence electrons. The van der Waals surface area contributed by atoms with Gasteiger partial charge in [0, 0.05) is 13.1 Å². The molecule has 1 N–H and O–H groups in total. The number of ether oxygens (including phenoxy) is 1. The maximum atomic E-state index is 12.7. The minimum atomic E-state index is -0.949. The quantitative estimate of drug-likeness (QED) is 0.675. The SMILES string of the molecule is CCOC(=O)C1C(=O)NC(N2CCCCC2)=NC1c1ccccc1C. The number of likely N-dealkylation sites (tertiary alicyclic amines) is 1. The number of nitrogens with one attached hydrogen (secondary N) is 1. The van der Waals surface area contributed by atoms with E-state index in [1.54, 1.807) is 6.92 Å². The van der Waals surface area contributed by atoms with Gasteiger partial charge in [-0.05, 0) is 44.2 Å². The van der Waals surface area contributed by atoms with Gasteiger partial charge in [-0.25, -0.2) is 4.99 Å². The first-order valence-corrected chi connectivity index (χ1v) is 8.97. The van der Waals surface area contributed by atoms with Crippen LogP contribution in [0, 0.1) is 12.8 Å². The average Bonchev–Trinajstić information content (AvgIpc) is 2.62. The van der Waals surface area contributed by atoms with E-state index in [4.69, 9.17) is 9.73 Å². The molecule has 1 saturated heterocycles. The Morgan fingerprint density at radius 1 is 1.28 bits per heavy atom. The number of rotatable bonds is 3. The van der Waals surface area contributed by atoms with Gasteiger partial charge >= 0.3 is 5.97 Å². The highest BCUT2D eigenvalue weighted by Crippen LogP contribution is 2.33. The van der Waals surface area contributed by atoms with Crippen molar-refractivity contribution >= 4 is 17.8 Å². The summed E-state index contributed by atoms with van der Waals surface area (Å²) in [4.78, 5) is 32.0. The van der Waals surface area contributed by atoms with Crippen LogP contribution in [0.3, 0.4) is 0 Å². The van der Waals surface area contributed by atoms with E-state index in [0.29, 0.717) is 5.96 Å². The van der Waals surface area contributed by atoms with Gasteiger partial charge in [-0.15, -0.1) is 0 Å². The van der Waals surface area contributed by atoms with Gasteiger partial charge in [-0.1, -0.05) is 24.3 Å². The minimum Gasteiger partial charge on any atom is -0.465 e. The van der Waals surface area contributed by atoms with Crippen LogP contribution < -0.4 is 5.32 Å². The van der Waals surface area contributed by atoms with E-state index in [-0.39, 0.29) is 12.5 Å². The molecule has 0 aromatic heterocycles. The molecule has 2 aliphatic heterocycles. The lowest BCUT2D eigenvalue weighted by molar-refractivity contribution is -0.153. The summed E-state index contributed by atoms with van der Waals surface area (Å²) >= 11 is 0. The Labute approximate surface area is 148 Å². The second-order valence-corrected chi connectivity index (χ2v) is 6.52. The Morgan fingerprint density at radius 2 is 2.00 bits per heavy atom. The highest BCUT2D eigenvalue weighted by atomic mass is 16.5. The average molecular weight is 343 g/mol. The highest BCUT2D eigenvalue weighted by molar-refractivity contribution is 6.08. The molecule has 1 amide bonds. The summed E-state index contributed by atoms with van der Waals surface area (Å²) in [6.45, 7) is 5.71. The zero-order valence-electron chi connectivity index (χ0n) is 14.8. The number of esters is 1. The Hall–Kier alpha value is -2.37. The Balaban J connectivity index is 1.99. The molecule has 6 nitrogen and oxygen atoms in total. The zero-order valence-corrected chi connectivity index (χ0v) is 14.8. The number of amides is 1. The highest BCUT2D eigenvalue weighted by Gasteiger charge is 2.42. The van der Waals surface area contributed by atoms with Crippen molar-refractivity contribution in [1.29, 1.82) is 0 Å². The van der Waals surface area contributed by atoms with Gasteiger partial charge in [-0.2, -0.15) is 0 Å². The van der Waals surface area contributed by atoms with Crippen molar-refractivity contribution in [2.45, 2.75) is 39.2 Å². The van der Waals surface area contributed by atoms with E-state index in [1.807, 2.05) is 31.2 Å². The third kappa shape index (κ3) is 3.67. The zero-order chi connectivity index (χ0) is 17.8. The maximum absolute atomic E-state index is 12.7. The monoisotopic (exact) mass is 343 g/mol. The van der Waals surface area contributed by atoms with Crippen molar-refractivity contribution in [1.82, 2.24) is 10.2 Å². The standard InChI is InChI=1S/C19H25N3O3/c1-3-25-18(24)15-16(14-10-6-5-9-13(14)2)20-19(21-17(15)23)22-11-7-4-8-12-22/h5-6,9-10,15-16H,3-4,7-8,11-12H2,1-2H3,(H,20,21,23). The summed E-state index contributed by atoms with van der Waals surface area (Å²) in [5.74, 6) is -1.22. The smallest absolute Gasteiger partial charge is 0.321 e. The van der Waals surface area contributed by atoms with Crippen molar-refractivity contribution in [2.75, 3.05) is 19.7 Å². The lowest BCUT2D eigenvalue weighted by atomic mass is 9.89. The number of guanidine groups is 1. The predicted octanol–water partition coefficient (Wildman–Crippen LogP) is 2.19. The summed E-state index contributed by atoms with van der Waals surface area (Å²) in [6, 6.07) is 7.21. The van der Waals surface area contributed by atoms with Gasteiger partial charge in [0.2, 0.25) is 11.9 Å². The van der Waals surface area contributed by atoms with Crippen molar-refractivity contribution in [3.05, 3.63) is 35.4 Å². The molecular formula is C19H25N3O3. The van der Waals surface area contributed by atoms with E-state index in [2.05, 4.69) is 10.2 Å². The van der Waals surface area contributed by atoms with Gasteiger partial charge in [0.15, 0.2) is 5.92 Å². The molecule has 6 heteroatoms. The van der Waals surface area contributed by atoms with Crippen LogP contribution in [0.2, 0.25) is 0 Å². The van der Waals surface area contributed by atoms with Crippen LogP contribution in [0.25, 0.3) is 0 Å². The summed E-state index contributed by atoms with van der Waals surface area (Å²) in [5, 5.41) is 2.83. The summed E-state index contributed by atoms with van der Waals surface area (Å²) in [7, 11) is 0. The fourth-order valence-electron chi connectivity index (χ4n) is 3.47. The number of carbonyl (C=O) groups excluding carboxylic acids is 2. The molecule has 0 bridgehead atoms. The largest absolute Gasteiger partial charge is 0.465 e. The lowest BCUT2D eigenvalue weighted by Gasteiger charge is -2.35. The molecule has 25 heavy (non-hydrogen) atoms. The number of aryl methyl sites for hydroxylation is 1. The van der Waals surface area contributed by atoms with E-state index in [0.717, 1.165) is 37.1 Å². The number of nitrogens with zero attached hydrogens (tertiary/aromatic N) is 2. The molecule has 2 atom stereocenters. The minimum absolute atomic E-state index is 0.242. The molecular weight excluding hydrogens is 318 g/mol. The van der Waals surface area contributed by atoms with Crippen LogP contribution >= 0.6 is 0 Å². The number of hydrogen-bond donors (Lipinski definition) is 1. The van der Waals surface area contributed by atoms with E-state index >= 15 is 0 Å². The van der Waals surface area contributed by atoms with Gasteiger partial charge in [0.1, 0.15) is 6.04 Å². The number of piperidine rings is 1. The Kier molecular flexibility index (Phi) is 5.36. The molecule has 2 aliphatic rings. The fraction of sp³-hybridized carbons (Fsp3) is 0.526. The van der Waals surface area contributed by atoms with Crippen molar-refractivity contribution in [3.63, 3.8) is 0 Å². The first-order valence-electron chi connectivity index (χ1n) is 8.97. The summed E-state index contributed by atoms with van der Waals surface area (Å²) in [6.07, 6.45) is 3.38. The molecule has 3 rings (SSSR count). The van der Waals surface area contributed by atoms with E-state index in [9.17, 15) is 9.59 Å². The van der Waals surface area contributed by atoms with Crippen LogP contribution in [0.4, 0.5) is 0 Å². The van der Waals surface area contributed by atoms with Crippen LogP contribution in [0.1, 0.15) is 43.4 Å². The molecule has 0 saturated carbocycles. The molecule has 1 aromatic carbocycles. The molecule has 2 unspecified atom stereocenters. The molecule has 0 aliphatic carbocycles. The topological polar surface area (TPSA) is 71.0 Å². The van der Waals surface area contributed by atoms with Gasteiger partial charge in [-0.3, -0.25) is 14.9 Å². The summed E-state index contributed by atoms with van der Waals surface area (Å²) in [5.41, 5.74) is 1.91. The number of hydrogen-bond acceptors (Lipinski definition) is 5. The van der Waals surface area contributed by atoms with Gasteiger partial charge < -0.3 is 9.64 Å². The predicted molar refractivity (Wildman–Crippen MR) is 95.0 cm³/mol. The van der Waals surface area contributed by atoms with Crippen LogP contribution in [-0.2, 0) is 14.3 Å². The Morgan fingerprint density at radius 3 is 2.68 bits per heavy atom. The van der Waals surface area contributed by atoms with E-state index in [1.165, 1.54) is 6.42 Å².